The maximum Gasteiger partial charge on any atom is 0.334 e. The van der Waals surface area contributed by atoms with E-state index >= 15 is 0 Å². The highest BCUT2D eigenvalue weighted by Crippen LogP contribution is 2.89. The number of nitrogens with zero attached hydrogens (tertiary/aromatic N) is 2. The SMILES string of the molecule is O=C1N2CC3N1P32=O. The third kappa shape index (κ3) is 0.112. The molecule has 2 amide bonds. The molecule has 0 aromatic rings. The molecule has 3 rings (SSSR count). The average molecular weight is 130 g/mol. The lowest BCUT2D eigenvalue weighted by Crippen LogP contribution is -2.36. The van der Waals surface area contributed by atoms with Crippen LogP contribution < -0.4 is 0 Å². The molecule has 0 aromatic carbocycles. The first-order valence-electron chi connectivity index (χ1n) is 2.47. The monoisotopic (exact) mass is 130 g/mol. The lowest BCUT2D eigenvalue weighted by Gasteiger charge is -2.28. The van der Waals surface area contributed by atoms with Crippen molar-refractivity contribution in [1.82, 2.24) is 9.34 Å². The van der Waals surface area contributed by atoms with E-state index in [-0.39, 0.29) is 11.8 Å². The van der Waals surface area contributed by atoms with Gasteiger partial charge in [-0.15, -0.1) is 0 Å². The van der Waals surface area contributed by atoms with E-state index in [0.717, 1.165) is 6.54 Å². The Morgan fingerprint density at radius 1 is 1.75 bits per heavy atom. The highest BCUT2D eigenvalue weighted by molar-refractivity contribution is 7.72. The Balaban J connectivity index is 2.30. The van der Waals surface area contributed by atoms with Crippen molar-refractivity contribution in [2.24, 2.45) is 0 Å². The van der Waals surface area contributed by atoms with Crippen LogP contribution in [0.2, 0.25) is 0 Å². The molecule has 2 atom stereocenters. The van der Waals surface area contributed by atoms with E-state index < -0.39 is 7.44 Å². The molecular formula is C3H3N2O2P. The van der Waals surface area contributed by atoms with Crippen molar-refractivity contribution in [3.8, 4) is 0 Å². The summed E-state index contributed by atoms with van der Waals surface area (Å²) in [5, 5.41) is 0. The molecule has 42 valence electrons. The van der Waals surface area contributed by atoms with E-state index in [1.165, 1.54) is 9.34 Å². The molecule has 5 heteroatoms. The fourth-order valence-electron chi connectivity index (χ4n) is 1.44. The van der Waals surface area contributed by atoms with Crippen LogP contribution in [0.15, 0.2) is 0 Å². The minimum Gasteiger partial charge on any atom is -0.273 e. The van der Waals surface area contributed by atoms with Crippen LogP contribution in [0.4, 0.5) is 4.79 Å². The molecule has 3 fully saturated rings. The highest BCUT2D eigenvalue weighted by Gasteiger charge is 2.86. The van der Waals surface area contributed by atoms with Crippen molar-refractivity contribution in [1.29, 1.82) is 0 Å². The second-order valence-electron chi connectivity index (χ2n) is 2.28. The van der Waals surface area contributed by atoms with Crippen LogP contribution in [0.25, 0.3) is 0 Å². The van der Waals surface area contributed by atoms with E-state index in [1.807, 2.05) is 0 Å². The van der Waals surface area contributed by atoms with Crippen LogP contribution in [0.5, 0.6) is 0 Å². The molecular weight excluding hydrogens is 127 g/mol. The smallest absolute Gasteiger partial charge is 0.273 e. The van der Waals surface area contributed by atoms with Crippen LogP contribution >= 0.6 is 7.44 Å². The van der Waals surface area contributed by atoms with Gasteiger partial charge >= 0.3 is 6.03 Å². The van der Waals surface area contributed by atoms with Gasteiger partial charge in [0.1, 0.15) is 5.78 Å². The number of carbonyl (C=O) groups excluding carboxylic acids is 1. The third-order valence-electron chi connectivity index (χ3n) is 2.02. The van der Waals surface area contributed by atoms with Gasteiger partial charge in [0.25, 0.3) is 7.44 Å². The lowest BCUT2D eigenvalue weighted by molar-refractivity contribution is 0.216. The Morgan fingerprint density at radius 3 is 2.62 bits per heavy atom. The third-order valence-corrected chi connectivity index (χ3v) is 5.05. The lowest BCUT2D eigenvalue weighted by atomic mass is 10.7. The maximum absolute atomic E-state index is 11.0. The van der Waals surface area contributed by atoms with Crippen molar-refractivity contribution in [3.63, 3.8) is 0 Å². The molecule has 2 unspecified atom stereocenters. The Bertz CT molecular complexity index is 238. The maximum atomic E-state index is 11.0. The van der Waals surface area contributed by atoms with Crippen molar-refractivity contribution in [2.45, 2.75) is 5.78 Å². The van der Waals surface area contributed by atoms with Crippen LogP contribution in [0, 0.1) is 0 Å². The number of rotatable bonds is 0. The molecule has 0 radical (unpaired) electrons. The molecule has 3 aliphatic heterocycles. The van der Waals surface area contributed by atoms with Crippen LogP contribution in [-0.2, 0) is 4.57 Å². The number of urea groups is 1. The zero-order valence-corrected chi connectivity index (χ0v) is 4.84. The Morgan fingerprint density at radius 2 is 2.50 bits per heavy atom. The molecule has 3 saturated heterocycles. The van der Waals surface area contributed by atoms with E-state index in [9.17, 15) is 9.36 Å². The molecule has 0 saturated carbocycles. The van der Waals surface area contributed by atoms with Gasteiger partial charge in [-0.3, -0.25) is 9.24 Å². The minimum absolute atomic E-state index is 0.0154. The van der Waals surface area contributed by atoms with Gasteiger partial charge in [-0.05, 0) is 0 Å². The minimum atomic E-state index is -2.03. The van der Waals surface area contributed by atoms with E-state index in [4.69, 9.17) is 0 Å². The van der Waals surface area contributed by atoms with Gasteiger partial charge in [-0.1, -0.05) is 0 Å². The summed E-state index contributed by atoms with van der Waals surface area (Å²) < 4.78 is 13.9. The van der Waals surface area contributed by atoms with Crippen LogP contribution in [0.1, 0.15) is 0 Å². The molecule has 0 aromatic heterocycles. The fraction of sp³-hybridized carbons (Fsp3) is 0.667. The molecule has 0 spiro atoms. The standard InChI is InChI=1S/C3H3N2O2P/c6-3-4-1-2-5(3)8(2,4)7/h2H,1H2. The molecule has 0 bridgehead atoms. The van der Waals surface area contributed by atoms with Gasteiger partial charge in [0.2, 0.25) is 0 Å². The summed E-state index contributed by atoms with van der Waals surface area (Å²) in [6, 6.07) is -0.0154. The van der Waals surface area contributed by atoms with Gasteiger partial charge in [0.05, 0.1) is 6.54 Å². The van der Waals surface area contributed by atoms with Crippen LogP contribution in [-0.4, -0.2) is 27.7 Å². The molecule has 0 aliphatic carbocycles. The Kier molecular flexibility index (Phi) is 0.252. The summed E-state index contributed by atoms with van der Waals surface area (Å²) in [4.78, 5) is 10.5. The van der Waals surface area contributed by atoms with Crippen molar-refractivity contribution < 1.29 is 9.36 Å². The molecule has 8 heavy (non-hydrogen) atoms. The largest absolute Gasteiger partial charge is 0.334 e. The number of hydrogen-bond donors (Lipinski definition) is 0. The summed E-state index contributed by atoms with van der Waals surface area (Å²) in [6.45, 7) is 0.732. The molecule has 4 nitrogen and oxygen atoms in total. The number of carbonyl (C=O) groups is 1. The first kappa shape index (κ1) is 3.51. The Labute approximate surface area is 45.5 Å². The van der Waals surface area contributed by atoms with Gasteiger partial charge in [0, 0.05) is 0 Å². The first-order chi connectivity index (χ1) is 3.76. The van der Waals surface area contributed by atoms with Crippen LogP contribution in [0.3, 0.4) is 0 Å². The summed E-state index contributed by atoms with van der Waals surface area (Å²) >= 11 is 0. The second-order valence-corrected chi connectivity index (χ2v) is 4.97. The van der Waals surface area contributed by atoms with E-state index in [2.05, 4.69) is 0 Å². The summed E-state index contributed by atoms with van der Waals surface area (Å²) in [7, 11) is -2.03. The zero-order chi connectivity index (χ0) is 5.52. The Hall–Kier alpha value is -0.500. The number of fused-ring (bicyclic) bond motifs is 1. The summed E-state index contributed by atoms with van der Waals surface area (Å²) in [6.07, 6.45) is 0. The van der Waals surface area contributed by atoms with E-state index in [0.29, 0.717) is 0 Å². The van der Waals surface area contributed by atoms with Gasteiger partial charge < -0.3 is 0 Å². The quantitative estimate of drug-likeness (QED) is 0.348. The zero-order valence-electron chi connectivity index (χ0n) is 3.94. The van der Waals surface area contributed by atoms with Crippen molar-refractivity contribution >= 4 is 13.5 Å². The van der Waals surface area contributed by atoms with Crippen molar-refractivity contribution in [3.05, 3.63) is 0 Å². The molecule has 3 heterocycles. The number of amides is 2. The van der Waals surface area contributed by atoms with Gasteiger partial charge in [-0.25, -0.2) is 9.46 Å². The summed E-state index contributed by atoms with van der Waals surface area (Å²) in [5.74, 6) is 0.162. The fourth-order valence-corrected chi connectivity index (χ4v) is 4.04. The van der Waals surface area contributed by atoms with Gasteiger partial charge in [-0.2, -0.15) is 0 Å². The number of hydrogen-bond acceptors (Lipinski definition) is 2. The summed E-state index contributed by atoms with van der Waals surface area (Å²) in [5.41, 5.74) is 0. The highest BCUT2D eigenvalue weighted by atomic mass is 31.2. The van der Waals surface area contributed by atoms with Gasteiger partial charge in [0.15, 0.2) is 0 Å². The average Bonchev–Trinajstić information content (AvgIpc) is 2.08. The van der Waals surface area contributed by atoms with Crippen molar-refractivity contribution in [2.75, 3.05) is 6.54 Å². The van der Waals surface area contributed by atoms with E-state index in [1.54, 1.807) is 0 Å². The predicted octanol–water partition coefficient (Wildman–Crippen LogP) is 0.270. The molecule has 3 aliphatic rings. The molecule has 0 N–H and O–H groups in total. The normalized spacial score (nSPS) is 54.5. The predicted molar refractivity (Wildman–Crippen MR) is 25.3 cm³/mol. The second kappa shape index (κ2) is 0.575. The first-order valence-corrected chi connectivity index (χ1v) is 4.16. The topological polar surface area (TPSA) is 40.4 Å².